The van der Waals surface area contributed by atoms with Crippen LogP contribution in [0.5, 0.6) is 11.5 Å². The Balaban J connectivity index is 1.81. The topological polar surface area (TPSA) is 118 Å². The molecule has 3 atom stereocenters. The van der Waals surface area contributed by atoms with Gasteiger partial charge in [0.25, 0.3) is 0 Å². The number of hydrogen-bond donors (Lipinski definition) is 3. The Labute approximate surface area is 213 Å². The van der Waals surface area contributed by atoms with E-state index >= 15 is 0 Å². The van der Waals surface area contributed by atoms with Gasteiger partial charge in [-0.2, -0.15) is 0 Å². The Hall–Kier alpha value is -2.77. The SMILES string of the molecule is CC(C)c1cc2c(c(O)c1O)[C@@]1(c3nnc([C@H](C)NC(=O)OC(C)(C)C)o3)CCCC(C)(C)[C@@H]1CC2. The third-order valence-corrected chi connectivity index (χ3v) is 8.01. The minimum Gasteiger partial charge on any atom is -0.504 e. The molecule has 3 N–H and O–H groups in total. The molecule has 0 unspecified atom stereocenters. The number of phenols is 2. The second kappa shape index (κ2) is 8.96. The number of nitrogens with one attached hydrogen (secondary N) is 1. The molecular formula is C28H41N3O5. The summed E-state index contributed by atoms with van der Waals surface area (Å²) in [6.07, 6.45) is 3.90. The van der Waals surface area contributed by atoms with Gasteiger partial charge in [0.2, 0.25) is 11.8 Å². The highest BCUT2D eigenvalue weighted by atomic mass is 16.6. The molecule has 1 saturated carbocycles. The lowest BCUT2D eigenvalue weighted by molar-refractivity contribution is 0.0348. The van der Waals surface area contributed by atoms with Crippen LogP contribution in [-0.2, 0) is 16.6 Å². The number of rotatable bonds is 4. The Kier molecular flexibility index (Phi) is 6.55. The van der Waals surface area contributed by atoms with Crippen molar-refractivity contribution in [3.8, 4) is 11.5 Å². The van der Waals surface area contributed by atoms with E-state index in [2.05, 4.69) is 29.4 Å². The van der Waals surface area contributed by atoms with E-state index in [1.807, 2.05) is 19.9 Å². The van der Waals surface area contributed by atoms with Crippen molar-refractivity contribution in [2.75, 3.05) is 0 Å². The number of aromatic nitrogens is 2. The summed E-state index contributed by atoms with van der Waals surface area (Å²) >= 11 is 0. The van der Waals surface area contributed by atoms with Gasteiger partial charge in [0, 0.05) is 11.1 Å². The summed E-state index contributed by atoms with van der Waals surface area (Å²) in [7, 11) is 0. The van der Waals surface area contributed by atoms with Gasteiger partial charge >= 0.3 is 6.09 Å². The maximum atomic E-state index is 12.3. The van der Waals surface area contributed by atoms with Crippen molar-refractivity contribution in [3.05, 3.63) is 34.5 Å². The zero-order valence-electron chi connectivity index (χ0n) is 22.9. The minimum atomic E-state index is -0.719. The van der Waals surface area contributed by atoms with E-state index < -0.39 is 23.2 Å². The van der Waals surface area contributed by atoms with Crippen LogP contribution < -0.4 is 5.32 Å². The van der Waals surface area contributed by atoms with Crippen LogP contribution in [0, 0.1) is 11.3 Å². The lowest BCUT2D eigenvalue weighted by atomic mass is 9.49. The number of amides is 1. The van der Waals surface area contributed by atoms with Crippen molar-refractivity contribution in [2.45, 2.75) is 110 Å². The maximum absolute atomic E-state index is 12.3. The maximum Gasteiger partial charge on any atom is 0.408 e. The summed E-state index contributed by atoms with van der Waals surface area (Å²) in [5, 5.41) is 34.0. The molecule has 8 nitrogen and oxygen atoms in total. The summed E-state index contributed by atoms with van der Waals surface area (Å²) < 4.78 is 11.7. The molecule has 0 radical (unpaired) electrons. The second-order valence-electron chi connectivity index (χ2n) is 12.6. The number of ether oxygens (including phenoxy) is 1. The fourth-order valence-electron chi connectivity index (χ4n) is 6.44. The van der Waals surface area contributed by atoms with Gasteiger partial charge in [0.15, 0.2) is 11.5 Å². The number of phenolic OH excluding ortho intramolecular Hbond substituents is 2. The molecule has 0 spiro atoms. The van der Waals surface area contributed by atoms with Crippen LogP contribution >= 0.6 is 0 Å². The van der Waals surface area contributed by atoms with Crippen LogP contribution in [0.3, 0.4) is 0 Å². The average molecular weight is 500 g/mol. The number of aromatic hydroxyl groups is 2. The van der Waals surface area contributed by atoms with Gasteiger partial charge in [-0.15, -0.1) is 10.2 Å². The predicted molar refractivity (Wildman–Crippen MR) is 136 cm³/mol. The van der Waals surface area contributed by atoms with Gasteiger partial charge in [-0.3, -0.25) is 0 Å². The highest BCUT2D eigenvalue weighted by Gasteiger charge is 2.58. The van der Waals surface area contributed by atoms with E-state index in [4.69, 9.17) is 9.15 Å². The highest BCUT2D eigenvalue weighted by Crippen LogP contribution is 2.62. The summed E-state index contributed by atoms with van der Waals surface area (Å²) in [5.74, 6) is 0.796. The molecule has 36 heavy (non-hydrogen) atoms. The molecule has 0 saturated heterocycles. The molecule has 0 bridgehead atoms. The summed E-state index contributed by atoms with van der Waals surface area (Å²) in [5.41, 5.74) is 1.13. The second-order valence-corrected chi connectivity index (χ2v) is 12.6. The molecule has 1 aromatic heterocycles. The molecule has 1 aromatic carbocycles. The van der Waals surface area contributed by atoms with Crippen LogP contribution in [0.4, 0.5) is 4.79 Å². The Morgan fingerprint density at radius 1 is 1.17 bits per heavy atom. The number of benzene rings is 1. The zero-order valence-corrected chi connectivity index (χ0v) is 22.9. The quantitative estimate of drug-likeness (QED) is 0.426. The van der Waals surface area contributed by atoms with E-state index in [9.17, 15) is 15.0 Å². The van der Waals surface area contributed by atoms with E-state index in [-0.39, 0.29) is 34.6 Å². The number of nitrogens with zero attached hydrogens (tertiary/aromatic N) is 2. The van der Waals surface area contributed by atoms with Crippen molar-refractivity contribution in [3.63, 3.8) is 0 Å². The lowest BCUT2D eigenvalue weighted by Crippen LogP contribution is -2.50. The van der Waals surface area contributed by atoms with Crippen LogP contribution in [0.1, 0.15) is 122 Å². The van der Waals surface area contributed by atoms with Gasteiger partial charge in [0.1, 0.15) is 11.6 Å². The standard InChI is InChI=1S/C28H41N3O5/c1-15(2)18-14-17-10-11-19-27(7,8)12-9-13-28(19,20(17)22(33)21(18)32)24-31-30-23(35-24)16(3)29-25(34)36-26(4,5)6/h14-16,19,32-33H,9-13H2,1-8H3,(H,29,34)/t16-,19-,28+/m0/s1. The first-order valence-corrected chi connectivity index (χ1v) is 13.1. The summed E-state index contributed by atoms with van der Waals surface area (Å²) in [6.45, 7) is 15.7. The molecule has 2 aromatic rings. The van der Waals surface area contributed by atoms with Gasteiger partial charge in [-0.1, -0.05) is 40.2 Å². The Morgan fingerprint density at radius 2 is 1.86 bits per heavy atom. The molecule has 2 aliphatic carbocycles. The molecular weight excluding hydrogens is 458 g/mol. The third-order valence-electron chi connectivity index (χ3n) is 8.01. The van der Waals surface area contributed by atoms with Crippen molar-refractivity contribution in [2.24, 2.45) is 11.3 Å². The smallest absolute Gasteiger partial charge is 0.408 e. The molecule has 198 valence electrons. The normalized spacial score (nSPS) is 24.1. The first-order valence-electron chi connectivity index (χ1n) is 13.1. The van der Waals surface area contributed by atoms with Crippen LogP contribution in [-0.4, -0.2) is 32.1 Å². The average Bonchev–Trinajstić information content (AvgIpc) is 3.25. The fraction of sp³-hybridized carbons (Fsp3) is 0.679. The summed E-state index contributed by atoms with van der Waals surface area (Å²) in [4.78, 5) is 12.3. The molecule has 4 rings (SSSR count). The Bertz CT molecular complexity index is 1150. The van der Waals surface area contributed by atoms with Gasteiger partial charge in [0.05, 0.1) is 5.41 Å². The Morgan fingerprint density at radius 3 is 2.50 bits per heavy atom. The van der Waals surface area contributed by atoms with Crippen molar-refractivity contribution in [1.82, 2.24) is 15.5 Å². The van der Waals surface area contributed by atoms with Crippen LogP contribution in [0.25, 0.3) is 0 Å². The lowest BCUT2D eigenvalue weighted by Gasteiger charge is -2.54. The van der Waals surface area contributed by atoms with Crippen molar-refractivity contribution >= 4 is 6.09 Å². The number of carbonyl (C=O) groups is 1. The molecule has 1 amide bonds. The van der Waals surface area contributed by atoms with Gasteiger partial charge in [-0.25, -0.2) is 4.79 Å². The largest absolute Gasteiger partial charge is 0.504 e. The number of carbonyl (C=O) groups excluding carboxylic acids is 1. The number of hydrogen-bond acceptors (Lipinski definition) is 7. The van der Waals surface area contributed by atoms with Crippen LogP contribution in [0.2, 0.25) is 0 Å². The monoisotopic (exact) mass is 499 g/mol. The first-order chi connectivity index (χ1) is 16.7. The summed E-state index contributed by atoms with van der Waals surface area (Å²) in [6, 6.07) is 1.49. The molecule has 1 fully saturated rings. The zero-order chi connectivity index (χ0) is 26.6. The third kappa shape index (κ3) is 4.43. The highest BCUT2D eigenvalue weighted by molar-refractivity contribution is 5.68. The molecule has 1 heterocycles. The molecule has 8 heteroatoms. The molecule has 2 aliphatic rings. The van der Waals surface area contributed by atoms with Crippen molar-refractivity contribution in [1.29, 1.82) is 0 Å². The van der Waals surface area contributed by atoms with E-state index in [0.29, 0.717) is 5.89 Å². The number of aryl methyl sites for hydroxylation is 1. The van der Waals surface area contributed by atoms with E-state index in [1.165, 1.54) is 0 Å². The predicted octanol–water partition coefficient (Wildman–Crippen LogP) is 6.25. The van der Waals surface area contributed by atoms with Gasteiger partial charge < -0.3 is 24.7 Å². The fourth-order valence-corrected chi connectivity index (χ4v) is 6.44. The molecule has 0 aliphatic heterocycles. The van der Waals surface area contributed by atoms with E-state index in [0.717, 1.165) is 48.8 Å². The minimum absolute atomic E-state index is 0.0241. The number of alkyl carbamates (subject to hydrolysis) is 1. The van der Waals surface area contributed by atoms with Crippen molar-refractivity contribution < 1.29 is 24.2 Å². The van der Waals surface area contributed by atoms with E-state index in [1.54, 1.807) is 27.7 Å². The van der Waals surface area contributed by atoms with Crippen LogP contribution in [0.15, 0.2) is 10.5 Å². The van der Waals surface area contributed by atoms with Gasteiger partial charge in [-0.05, 0) is 76.2 Å². The number of fused-ring (bicyclic) bond motifs is 3. The first kappa shape index (κ1) is 26.3.